The van der Waals surface area contributed by atoms with Crippen LogP contribution in [0.4, 0.5) is 0 Å². The Balaban J connectivity index is 1.26. The first-order valence-electron chi connectivity index (χ1n) is 9.41. The summed E-state index contributed by atoms with van der Waals surface area (Å²) in [5, 5.41) is 1.25. The number of rotatable bonds is 4. The Morgan fingerprint density at radius 1 is 1.00 bits per heavy atom. The Morgan fingerprint density at radius 2 is 1.85 bits per heavy atom. The molecular weight excluding hydrogens is 344 g/mol. The fourth-order valence-corrected chi connectivity index (χ4v) is 5.00. The highest BCUT2D eigenvalue weighted by Crippen LogP contribution is 2.43. The van der Waals surface area contributed by atoms with Gasteiger partial charge in [-0.1, -0.05) is 18.2 Å². The molecule has 4 nitrogen and oxygen atoms in total. The van der Waals surface area contributed by atoms with E-state index in [0.29, 0.717) is 11.8 Å². The van der Waals surface area contributed by atoms with E-state index in [1.807, 2.05) is 23.6 Å². The molecule has 0 bridgehead atoms. The Hall–Kier alpha value is -1.98. The van der Waals surface area contributed by atoms with Crippen LogP contribution in [-0.2, 0) is 4.74 Å². The molecule has 5 heteroatoms. The molecule has 5 rings (SSSR count). The van der Waals surface area contributed by atoms with Gasteiger partial charge in [-0.05, 0) is 49.8 Å². The lowest BCUT2D eigenvalue weighted by Gasteiger charge is -2.34. The zero-order valence-electron chi connectivity index (χ0n) is 14.6. The number of nitrogens with zero attached hydrogens (tertiary/aromatic N) is 2. The van der Waals surface area contributed by atoms with Crippen molar-refractivity contribution in [2.75, 3.05) is 13.2 Å². The van der Waals surface area contributed by atoms with Crippen molar-refractivity contribution < 1.29 is 9.47 Å². The minimum Gasteiger partial charge on any atom is -0.474 e. The zero-order valence-corrected chi connectivity index (χ0v) is 15.5. The van der Waals surface area contributed by atoms with Crippen molar-refractivity contribution in [3.63, 3.8) is 0 Å². The van der Waals surface area contributed by atoms with Crippen LogP contribution >= 0.6 is 11.3 Å². The van der Waals surface area contributed by atoms with Gasteiger partial charge in [0.15, 0.2) is 0 Å². The molecule has 0 unspecified atom stereocenters. The molecule has 1 aliphatic heterocycles. The normalized spacial score (nSPS) is 23.7. The standard InChI is InChI=1S/C21H22N2O2S/c1-2-6-19-18(5-1)23-21(26-19)15-12-16(13-15)25-20-17(4-3-9-22-20)14-7-10-24-11-8-14/h1-6,9,14-16H,7-8,10-13H2/t15-,16+. The number of benzene rings is 1. The minimum atomic E-state index is 0.250. The Morgan fingerprint density at radius 3 is 2.69 bits per heavy atom. The summed E-state index contributed by atoms with van der Waals surface area (Å²) < 4.78 is 13.1. The molecule has 134 valence electrons. The highest BCUT2D eigenvalue weighted by Gasteiger charge is 2.35. The molecule has 1 saturated carbocycles. The van der Waals surface area contributed by atoms with Crippen molar-refractivity contribution in [2.24, 2.45) is 0 Å². The van der Waals surface area contributed by atoms with Crippen LogP contribution < -0.4 is 4.74 Å². The first-order valence-corrected chi connectivity index (χ1v) is 10.2. The summed E-state index contributed by atoms with van der Waals surface area (Å²) in [4.78, 5) is 9.33. The summed E-state index contributed by atoms with van der Waals surface area (Å²) in [5.74, 6) is 1.85. The molecule has 0 amide bonds. The van der Waals surface area contributed by atoms with Crippen molar-refractivity contribution in [2.45, 2.75) is 43.6 Å². The fraction of sp³-hybridized carbons (Fsp3) is 0.429. The number of hydrogen-bond donors (Lipinski definition) is 0. The van der Waals surface area contributed by atoms with E-state index >= 15 is 0 Å². The van der Waals surface area contributed by atoms with Crippen LogP contribution in [0.2, 0.25) is 0 Å². The molecule has 1 aromatic carbocycles. The molecule has 0 spiro atoms. The van der Waals surface area contributed by atoms with Gasteiger partial charge in [0, 0.05) is 30.9 Å². The van der Waals surface area contributed by atoms with Crippen LogP contribution in [0.25, 0.3) is 10.2 Å². The Labute approximate surface area is 157 Å². The van der Waals surface area contributed by atoms with Crippen LogP contribution in [0, 0.1) is 0 Å². The summed E-state index contributed by atoms with van der Waals surface area (Å²) in [5.41, 5.74) is 2.36. The number of hydrogen-bond acceptors (Lipinski definition) is 5. The van der Waals surface area contributed by atoms with Gasteiger partial charge in [0.25, 0.3) is 0 Å². The molecule has 0 N–H and O–H groups in total. The maximum absolute atomic E-state index is 6.29. The predicted octanol–water partition coefficient (Wildman–Crippen LogP) is 4.91. The van der Waals surface area contributed by atoms with Crippen molar-refractivity contribution in [1.82, 2.24) is 9.97 Å². The second kappa shape index (κ2) is 6.97. The smallest absolute Gasteiger partial charge is 0.217 e. The Kier molecular flexibility index (Phi) is 4.35. The first-order chi connectivity index (χ1) is 12.9. The number of para-hydroxylation sites is 1. The molecule has 0 atom stereocenters. The average molecular weight is 366 g/mol. The van der Waals surface area contributed by atoms with E-state index in [1.165, 1.54) is 15.3 Å². The van der Waals surface area contributed by atoms with Gasteiger partial charge >= 0.3 is 0 Å². The van der Waals surface area contributed by atoms with Crippen molar-refractivity contribution >= 4 is 21.6 Å². The van der Waals surface area contributed by atoms with Gasteiger partial charge in [-0.15, -0.1) is 11.3 Å². The molecule has 26 heavy (non-hydrogen) atoms. The maximum atomic E-state index is 6.29. The highest BCUT2D eigenvalue weighted by molar-refractivity contribution is 7.18. The zero-order chi connectivity index (χ0) is 17.3. The maximum Gasteiger partial charge on any atom is 0.217 e. The largest absolute Gasteiger partial charge is 0.474 e. The number of fused-ring (bicyclic) bond motifs is 1. The van der Waals surface area contributed by atoms with Crippen molar-refractivity contribution in [3.8, 4) is 5.88 Å². The van der Waals surface area contributed by atoms with Gasteiger partial charge in [0.2, 0.25) is 5.88 Å². The summed E-state index contributed by atoms with van der Waals surface area (Å²) in [7, 11) is 0. The van der Waals surface area contributed by atoms with Gasteiger partial charge in [-0.3, -0.25) is 0 Å². The van der Waals surface area contributed by atoms with Crippen LogP contribution in [0.3, 0.4) is 0 Å². The third-order valence-corrected chi connectivity index (χ3v) is 6.69. The molecule has 2 aromatic heterocycles. The third kappa shape index (κ3) is 3.10. The fourth-order valence-electron chi connectivity index (χ4n) is 3.91. The molecule has 1 saturated heterocycles. The van der Waals surface area contributed by atoms with E-state index in [9.17, 15) is 0 Å². The summed E-state index contributed by atoms with van der Waals surface area (Å²) in [6.07, 6.45) is 6.26. The number of thiazole rings is 1. The average Bonchev–Trinajstić information content (AvgIpc) is 3.09. The van der Waals surface area contributed by atoms with Crippen LogP contribution in [0.5, 0.6) is 5.88 Å². The van der Waals surface area contributed by atoms with Crippen LogP contribution in [-0.4, -0.2) is 29.3 Å². The molecule has 1 aliphatic carbocycles. The summed E-state index contributed by atoms with van der Waals surface area (Å²) in [6.45, 7) is 1.67. The second-order valence-electron chi connectivity index (χ2n) is 7.21. The van der Waals surface area contributed by atoms with Gasteiger partial charge in [0.05, 0.1) is 15.2 Å². The number of aromatic nitrogens is 2. The van der Waals surface area contributed by atoms with E-state index in [1.54, 1.807) is 0 Å². The first kappa shape index (κ1) is 16.2. The monoisotopic (exact) mass is 366 g/mol. The molecule has 2 fully saturated rings. The molecule has 3 heterocycles. The molecule has 2 aliphatic rings. The minimum absolute atomic E-state index is 0.250. The van der Waals surface area contributed by atoms with Gasteiger partial charge in [-0.25, -0.2) is 9.97 Å². The van der Waals surface area contributed by atoms with Crippen LogP contribution in [0.1, 0.15) is 48.1 Å². The summed E-state index contributed by atoms with van der Waals surface area (Å²) >= 11 is 1.82. The Bertz CT molecular complexity index is 865. The van der Waals surface area contributed by atoms with E-state index in [0.717, 1.165) is 50.3 Å². The van der Waals surface area contributed by atoms with E-state index < -0.39 is 0 Å². The van der Waals surface area contributed by atoms with E-state index in [4.69, 9.17) is 14.5 Å². The van der Waals surface area contributed by atoms with Crippen molar-refractivity contribution in [1.29, 1.82) is 0 Å². The van der Waals surface area contributed by atoms with Crippen LogP contribution in [0.15, 0.2) is 42.6 Å². The van der Waals surface area contributed by atoms with E-state index in [2.05, 4.69) is 35.3 Å². The van der Waals surface area contributed by atoms with Gasteiger partial charge < -0.3 is 9.47 Å². The van der Waals surface area contributed by atoms with Crippen molar-refractivity contribution in [3.05, 3.63) is 53.2 Å². The van der Waals surface area contributed by atoms with Gasteiger partial charge in [-0.2, -0.15) is 0 Å². The van der Waals surface area contributed by atoms with E-state index in [-0.39, 0.29) is 6.10 Å². The lowest BCUT2D eigenvalue weighted by Crippen LogP contribution is -2.33. The number of ether oxygens (including phenoxy) is 2. The summed E-state index contributed by atoms with van der Waals surface area (Å²) in [6, 6.07) is 12.6. The molecular formula is C21H22N2O2S. The molecule has 0 radical (unpaired) electrons. The molecule has 3 aromatic rings. The highest BCUT2D eigenvalue weighted by atomic mass is 32.1. The lowest BCUT2D eigenvalue weighted by atomic mass is 9.82. The number of pyridine rings is 1. The topological polar surface area (TPSA) is 44.2 Å². The van der Waals surface area contributed by atoms with Gasteiger partial charge in [0.1, 0.15) is 6.10 Å². The lowest BCUT2D eigenvalue weighted by molar-refractivity contribution is 0.0771. The quantitative estimate of drug-likeness (QED) is 0.658. The third-order valence-electron chi connectivity index (χ3n) is 5.49. The second-order valence-corrected chi connectivity index (χ2v) is 8.27. The SMILES string of the molecule is c1cnc(O[C@H]2C[C@@H](c3nc4ccccc4s3)C2)c(C2CCOCC2)c1. The predicted molar refractivity (Wildman–Crippen MR) is 103 cm³/mol.